The Kier molecular flexibility index (Phi) is 8.11. The van der Waals surface area contributed by atoms with Crippen molar-refractivity contribution >= 4 is 11.9 Å². The van der Waals surface area contributed by atoms with Gasteiger partial charge >= 0.3 is 0 Å². The van der Waals surface area contributed by atoms with Crippen molar-refractivity contribution in [1.82, 2.24) is 15.5 Å². The second-order valence-corrected chi connectivity index (χ2v) is 8.29. The van der Waals surface area contributed by atoms with Crippen molar-refractivity contribution in [2.75, 3.05) is 39.8 Å². The molecule has 1 aliphatic heterocycles. The van der Waals surface area contributed by atoms with Crippen LogP contribution >= 0.6 is 0 Å². The maximum Gasteiger partial charge on any atom is 0.231 e. The summed E-state index contributed by atoms with van der Waals surface area (Å²) in [5.41, 5.74) is 6.63. The van der Waals surface area contributed by atoms with E-state index in [0.717, 1.165) is 37.6 Å². The monoisotopic (exact) mass is 389 g/mol. The number of carbonyl (C=O) groups excluding carboxylic acids is 1. The number of amides is 1. The van der Waals surface area contributed by atoms with Gasteiger partial charge in [0.05, 0.1) is 13.1 Å². The standard InChI is InChI=1S/C21H35N5O2/c1-21(2,3)16-6-5-7-18(14-16)28-13-10-24-20(23-4)25-17-8-11-26(12-9-17)15-19(22)27/h5-7,14,17H,8-13,15H2,1-4H3,(H2,22,27)(H2,23,24,25). The Labute approximate surface area is 168 Å². The topological polar surface area (TPSA) is 92.0 Å². The molecule has 1 fully saturated rings. The zero-order valence-corrected chi connectivity index (χ0v) is 17.6. The van der Waals surface area contributed by atoms with E-state index in [1.807, 2.05) is 12.1 Å². The third kappa shape index (κ3) is 7.38. The van der Waals surface area contributed by atoms with Crippen LogP contribution in [0.1, 0.15) is 39.2 Å². The second-order valence-electron chi connectivity index (χ2n) is 8.29. The SMILES string of the molecule is CN=C(NCCOc1cccc(C(C)(C)C)c1)NC1CCN(CC(N)=O)CC1. The van der Waals surface area contributed by atoms with E-state index in [2.05, 4.69) is 53.4 Å². The first-order valence-corrected chi connectivity index (χ1v) is 9.99. The molecule has 1 saturated heterocycles. The number of guanidine groups is 1. The van der Waals surface area contributed by atoms with E-state index in [1.165, 1.54) is 5.56 Å². The highest BCUT2D eigenvalue weighted by atomic mass is 16.5. The number of rotatable bonds is 7. The lowest BCUT2D eigenvalue weighted by Crippen LogP contribution is -2.50. The van der Waals surface area contributed by atoms with Crippen molar-refractivity contribution in [3.8, 4) is 5.75 Å². The Morgan fingerprint density at radius 2 is 2.04 bits per heavy atom. The molecule has 4 N–H and O–H groups in total. The minimum absolute atomic E-state index is 0.108. The number of benzene rings is 1. The lowest BCUT2D eigenvalue weighted by molar-refractivity contribution is -0.119. The Morgan fingerprint density at radius 3 is 2.64 bits per heavy atom. The fourth-order valence-corrected chi connectivity index (χ4v) is 3.23. The van der Waals surface area contributed by atoms with Crippen LogP contribution in [0.2, 0.25) is 0 Å². The van der Waals surface area contributed by atoms with Crippen molar-refractivity contribution in [2.24, 2.45) is 10.7 Å². The highest BCUT2D eigenvalue weighted by molar-refractivity contribution is 5.80. The summed E-state index contributed by atoms with van der Waals surface area (Å²) >= 11 is 0. The summed E-state index contributed by atoms with van der Waals surface area (Å²) in [5.74, 6) is 1.40. The lowest BCUT2D eigenvalue weighted by atomic mass is 9.87. The minimum atomic E-state index is -0.267. The van der Waals surface area contributed by atoms with Crippen LogP contribution in [0, 0.1) is 0 Å². The summed E-state index contributed by atoms with van der Waals surface area (Å²) in [5, 5.41) is 6.75. The Hall–Kier alpha value is -2.28. The Morgan fingerprint density at radius 1 is 1.32 bits per heavy atom. The van der Waals surface area contributed by atoms with Gasteiger partial charge in [-0.2, -0.15) is 0 Å². The fourth-order valence-electron chi connectivity index (χ4n) is 3.23. The van der Waals surface area contributed by atoms with E-state index in [9.17, 15) is 4.79 Å². The smallest absolute Gasteiger partial charge is 0.231 e. The third-order valence-electron chi connectivity index (χ3n) is 4.89. The molecular formula is C21H35N5O2. The van der Waals surface area contributed by atoms with E-state index >= 15 is 0 Å². The van der Waals surface area contributed by atoms with Crippen LogP contribution in [0.3, 0.4) is 0 Å². The molecule has 1 amide bonds. The van der Waals surface area contributed by atoms with E-state index in [-0.39, 0.29) is 11.3 Å². The first-order valence-electron chi connectivity index (χ1n) is 9.99. The number of nitrogens with one attached hydrogen (secondary N) is 2. The van der Waals surface area contributed by atoms with Gasteiger partial charge in [-0.3, -0.25) is 14.7 Å². The van der Waals surface area contributed by atoms with E-state index < -0.39 is 0 Å². The number of ether oxygens (including phenoxy) is 1. The van der Waals surface area contributed by atoms with Crippen LogP contribution < -0.4 is 21.1 Å². The van der Waals surface area contributed by atoms with Gasteiger partial charge in [-0.15, -0.1) is 0 Å². The molecule has 1 aromatic carbocycles. The maximum atomic E-state index is 11.0. The van der Waals surface area contributed by atoms with Crippen LogP contribution in [0.4, 0.5) is 0 Å². The number of hydrogen-bond acceptors (Lipinski definition) is 4. The normalized spacial score (nSPS) is 16.6. The van der Waals surface area contributed by atoms with Crippen molar-refractivity contribution < 1.29 is 9.53 Å². The first-order chi connectivity index (χ1) is 13.3. The summed E-state index contributed by atoms with van der Waals surface area (Å²) in [4.78, 5) is 17.4. The molecule has 7 nitrogen and oxygen atoms in total. The summed E-state index contributed by atoms with van der Waals surface area (Å²) in [6.45, 7) is 9.89. The molecule has 1 aromatic rings. The summed E-state index contributed by atoms with van der Waals surface area (Å²) in [6.07, 6.45) is 1.92. The molecule has 1 aliphatic rings. The van der Waals surface area contributed by atoms with E-state index in [0.29, 0.717) is 25.7 Å². The molecule has 28 heavy (non-hydrogen) atoms. The molecular weight excluding hydrogens is 354 g/mol. The van der Waals surface area contributed by atoms with Crippen molar-refractivity contribution in [2.45, 2.75) is 45.1 Å². The van der Waals surface area contributed by atoms with Crippen molar-refractivity contribution in [1.29, 1.82) is 0 Å². The average molecular weight is 390 g/mol. The zero-order valence-electron chi connectivity index (χ0n) is 17.6. The number of nitrogens with two attached hydrogens (primary N) is 1. The molecule has 0 bridgehead atoms. The van der Waals surface area contributed by atoms with Crippen molar-refractivity contribution in [3.05, 3.63) is 29.8 Å². The summed E-state index contributed by atoms with van der Waals surface area (Å²) in [6, 6.07) is 8.61. The lowest BCUT2D eigenvalue weighted by Gasteiger charge is -2.32. The zero-order chi connectivity index (χ0) is 20.6. The maximum absolute atomic E-state index is 11.0. The predicted octanol–water partition coefficient (Wildman–Crippen LogP) is 1.48. The molecule has 0 aromatic heterocycles. The Bertz CT molecular complexity index is 661. The van der Waals surface area contributed by atoms with Crippen LogP contribution in [0.5, 0.6) is 5.75 Å². The fraction of sp³-hybridized carbons (Fsp3) is 0.619. The third-order valence-corrected chi connectivity index (χ3v) is 4.89. The molecule has 0 atom stereocenters. The summed E-state index contributed by atoms with van der Waals surface area (Å²) in [7, 11) is 1.77. The van der Waals surface area contributed by atoms with Gasteiger partial charge in [0.15, 0.2) is 5.96 Å². The molecule has 0 spiro atoms. The van der Waals surface area contributed by atoms with E-state index in [4.69, 9.17) is 10.5 Å². The van der Waals surface area contributed by atoms with Crippen LogP contribution in [0.25, 0.3) is 0 Å². The molecule has 0 saturated carbocycles. The van der Waals surface area contributed by atoms with Gasteiger partial charge in [-0.25, -0.2) is 0 Å². The molecule has 0 unspecified atom stereocenters. The summed E-state index contributed by atoms with van der Waals surface area (Å²) < 4.78 is 5.88. The highest BCUT2D eigenvalue weighted by Gasteiger charge is 2.20. The molecule has 7 heteroatoms. The quantitative estimate of drug-likeness (QED) is 0.373. The number of piperidine rings is 1. The second kappa shape index (κ2) is 10.3. The first kappa shape index (κ1) is 22.0. The largest absolute Gasteiger partial charge is 0.492 e. The molecule has 156 valence electrons. The number of primary amides is 1. The number of hydrogen-bond donors (Lipinski definition) is 3. The number of likely N-dealkylation sites (tertiary alicyclic amines) is 1. The van der Waals surface area contributed by atoms with E-state index in [1.54, 1.807) is 7.05 Å². The van der Waals surface area contributed by atoms with Crippen LogP contribution in [-0.2, 0) is 10.2 Å². The van der Waals surface area contributed by atoms with Crippen molar-refractivity contribution in [3.63, 3.8) is 0 Å². The molecule has 1 heterocycles. The van der Waals surface area contributed by atoms with Gasteiger partial charge in [-0.05, 0) is 36.0 Å². The highest BCUT2D eigenvalue weighted by Crippen LogP contribution is 2.25. The van der Waals surface area contributed by atoms with Gasteiger partial charge in [0, 0.05) is 26.2 Å². The predicted molar refractivity (Wildman–Crippen MR) is 114 cm³/mol. The number of nitrogens with zero attached hydrogens (tertiary/aromatic N) is 2. The van der Waals surface area contributed by atoms with Gasteiger partial charge in [0.2, 0.25) is 5.91 Å². The van der Waals surface area contributed by atoms with Crippen LogP contribution in [-0.4, -0.2) is 62.6 Å². The van der Waals surface area contributed by atoms with Gasteiger partial charge < -0.3 is 21.1 Å². The van der Waals surface area contributed by atoms with Gasteiger partial charge in [-0.1, -0.05) is 32.9 Å². The molecule has 0 radical (unpaired) electrons. The molecule has 0 aliphatic carbocycles. The van der Waals surface area contributed by atoms with Gasteiger partial charge in [0.1, 0.15) is 12.4 Å². The minimum Gasteiger partial charge on any atom is -0.492 e. The van der Waals surface area contributed by atoms with Crippen LogP contribution in [0.15, 0.2) is 29.3 Å². The van der Waals surface area contributed by atoms with Gasteiger partial charge in [0.25, 0.3) is 0 Å². The number of carbonyl (C=O) groups is 1. The average Bonchev–Trinajstić information content (AvgIpc) is 2.65. The Balaban J connectivity index is 1.70. The molecule has 2 rings (SSSR count). The number of aliphatic imine (C=N–C) groups is 1.